The van der Waals surface area contributed by atoms with Gasteiger partial charge in [-0.15, -0.1) is 0 Å². The largest absolute Gasteiger partial charge is 0.454 e. The smallest absolute Gasteiger partial charge is 0.408 e. The molecule has 7 nitrogen and oxygen atoms in total. The molecule has 7 heteroatoms. The third-order valence-corrected chi connectivity index (χ3v) is 3.32. The summed E-state index contributed by atoms with van der Waals surface area (Å²) < 4.78 is 10.1. The molecular formula is C18H26N2O5. The van der Waals surface area contributed by atoms with Gasteiger partial charge in [0.25, 0.3) is 5.91 Å². The second-order valence-electron chi connectivity index (χ2n) is 5.89. The summed E-state index contributed by atoms with van der Waals surface area (Å²) in [5, 5.41) is 5.09. The van der Waals surface area contributed by atoms with Crippen LogP contribution >= 0.6 is 0 Å². The summed E-state index contributed by atoms with van der Waals surface area (Å²) in [4.78, 5) is 35.5. The molecule has 2 N–H and O–H groups in total. The minimum absolute atomic E-state index is 0.103. The van der Waals surface area contributed by atoms with E-state index in [2.05, 4.69) is 10.6 Å². The molecule has 0 unspecified atom stereocenters. The van der Waals surface area contributed by atoms with Gasteiger partial charge in [0, 0.05) is 6.54 Å². The molecule has 0 radical (unpaired) electrons. The molecule has 0 heterocycles. The van der Waals surface area contributed by atoms with E-state index < -0.39 is 18.1 Å². The van der Waals surface area contributed by atoms with Crippen molar-refractivity contribution < 1.29 is 23.9 Å². The molecule has 1 aromatic carbocycles. The first kappa shape index (κ1) is 20.5. The van der Waals surface area contributed by atoms with Crippen molar-refractivity contribution in [3.8, 4) is 0 Å². The van der Waals surface area contributed by atoms with Crippen molar-refractivity contribution in [3.63, 3.8) is 0 Å². The molecule has 0 saturated carbocycles. The molecule has 0 aliphatic heterocycles. The number of rotatable bonds is 9. The van der Waals surface area contributed by atoms with Crippen molar-refractivity contribution in [1.29, 1.82) is 0 Å². The number of ether oxygens (including phenoxy) is 2. The van der Waals surface area contributed by atoms with Gasteiger partial charge in [-0.1, -0.05) is 51.1 Å². The molecule has 1 rings (SSSR count). The lowest BCUT2D eigenvalue weighted by molar-refractivity contribution is -0.151. The third-order valence-electron chi connectivity index (χ3n) is 3.32. The first-order valence-corrected chi connectivity index (χ1v) is 8.34. The zero-order chi connectivity index (χ0) is 18.7. The summed E-state index contributed by atoms with van der Waals surface area (Å²) in [7, 11) is 0. The van der Waals surface area contributed by atoms with Gasteiger partial charge in [-0.3, -0.25) is 4.79 Å². The van der Waals surface area contributed by atoms with E-state index in [1.54, 1.807) is 13.8 Å². The lowest BCUT2D eigenvalue weighted by atomic mass is 10.1. The first-order valence-electron chi connectivity index (χ1n) is 8.34. The summed E-state index contributed by atoms with van der Waals surface area (Å²) in [6.07, 6.45) is 0.0817. The van der Waals surface area contributed by atoms with Gasteiger partial charge in [-0.2, -0.15) is 0 Å². The molecule has 0 fully saturated rings. The van der Waals surface area contributed by atoms with Gasteiger partial charge in [0.05, 0.1) is 0 Å². The molecule has 1 atom stereocenters. The number of hydrogen-bond donors (Lipinski definition) is 2. The van der Waals surface area contributed by atoms with Gasteiger partial charge in [0.2, 0.25) is 0 Å². The van der Waals surface area contributed by atoms with Crippen molar-refractivity contribution in [2.75, 3.05) is 13.2 Å². The zero-order valence-electron chi connectivity index (χ0n) is 14.9. The molecule has 2 amide bonds. The topological polar surface area (TPSA) is 93.7 Å². The molecule has 0 aliphatic rings. The standard InChI is InChI=1S/C18H26N2O5/c1-4-10-19-15(21)12-24-17(22)16(13(2)3)20-18(23)25-11-14-8-6-5-7-9-14/h5-9,13,16H,4,10-12H2,1-3H3,(H,19,21)(H,20,23)/t16-/m0/s1. The fourth-order valence-corrected chi connectivity index (χ4v) is 1.93. The Kier molecular flexibility index (Phi) is 9.06. The normalized spacial score (nSPS) is 11.5. The van der Waals surface area contributed by atoms with Gasteiger partial charge in [-0.05, 0) is 17.9 Å². The van der Waals surface area contributed by atoms with Gasteiger partial charge in [0.15, 0.2) is 6.61 Å². The summed E-state index contributed by atoms with van der Waals surface area (Å²) >= 11 is 0. The highest BCUT2D eigenvalue weighted by molar-refractivity contribution is 5.84. The van der Waals surface area contributed by atoms with E-state index in [1.165, 1.54) is 0 Å². The molecule has 1 aromatic rings. The van der Waals surface area contributed by atoms with Crippen LogP contribution in [0.1, 0.15) is 32.8 Å². The lowest BCUT2D eigenvalue weighted by Gasteiger charge is -2.20. The molecule has 0 saturated heterocycles. The van der Waals surface area contributed by atoms with Crippen LogP contribution in [0.25, 0.3) is 0 Å². The molecule has 138 valence electrons. The van der Waals surface area contributed by atoms with Gasteiger partial charge in [0.1, 0.15) is 12.6 Å². The number of esters is 1. The minimum atomic E-state index is -0.887. The zero-order valence-corrected chi connectivity index (χ0v) is 14.9. The van der Waals surface area contributed by atoms with Crippen LogP contribution in [0.3, 0.4) is 0 Å². The van der Waals surface area contributed by atoms with Crippen LogP contribution in [0.4, 0.5) is 4.79 Å². The van der Waals surface area contributed by atoms with E-state index in [0.717, 1.165) is 12.0 Å². The minimum Gasteiger partial charge on any atom is -0.454 e. The van der Waals surface area contributed by atoms with Crippen LogP contribution in [-0.2, 0) is 25.7 Å². The monoisotopic (exact) mass is 350 g/mol. The maximum atomic E-state index is 12.1. The number of hydrogen-bond acceptors (Lipinski definition) is 5. The average molecular weight is 350 g/mol. The number of carbonyl (C=O) groups is 3. The first-order chi connectivity index (χ1) is 11.9. The van der Waals surface area contributed by atoms with Gasteiger partial charge >= 0.3 is 12.1 Å². The summed E-state index contributed by atoms with van der Waals surface area (Å²) in [5.41, 5.74) is 0.842. The Morgan fingerprint density at radius 1 is 1.08 bits per heavy atom. The highest BCUT2D eigenvalue weighted by Crippen LogP contribution is 2.06. The fraction of sp³-hybridized carbons (Fsp3) is 0.500. The average Bonchev–Trinajstić information content (AvgIpc) is 2.61. The van der Waals surface area contributed by atoms with Crippen LogP contribution < -0.4 is 10.6 Å². The Hall–Kier alpha value is -2.57. The molecular weight excluding hydrogens is 324 g/mol. The second-order valence-corrected chi connectivity index (χ2v) is 5.89. The Labute approximate surface area is 148 Å². The van der Waals surface area contributed by atoms with Crippen LogP contribution in [0.2, 0.25) is 0 Å². The van der Waals surface area contributed by atoms with E-state index in [9.17, 15) is 14.4 Å². The maximum absolute atomic E-state index is 12.1. The Bertz CT molecular complexity index is 560. The molecule has 0 aromatic heterocycles. The molecule has 25 heavy (non-hydrogen) atoms. The third kappa shape index (κ3) is 8.19. The van der Waals surface area contributed by atoms with Crippen LogP contribution in [0.15, 0.2) is 30.3 Å². The van der Waals surface area contributed by atoms with E-state index in [-0.39, 0.29) is 25.0 Å². The SMILES string of the molecule is CCCNC(=O)COC(=O)[C@@H](NC(=O)OCc1ccccc1)C(C)C. The van der Waals surface area contributed by atoms with E-state index >= 15 is 0 Å². The molecule has 0 bridgehead atoms. The lowest BCUT2D eigenvalue weighted by Crippen LogP contribution is -2.46. The fourth-order valence-electron chi connectivity index (χ4n) is 1.93. The predicted octanol–water partition coefficient (Wildman–Crippen LogP) is 2.01. The van der Waals surface area contributed by atoms with Crippen LogP contribution in [0, 0.1) is 5.92 Å². The van der Waals surface area contributed by atoms with Crippen molar-refractivity contribution >= 4 is 18.0 Å². The van der Waals surface area contributed by atoms with E-state index in [4.69, 9.17) is 9.47 Å². The molecule has 0 spiro atoms. The maximum Gasteiger partial charge on any atom is 0.408 e. The Morgan fingerprint density at radius 2 is 1.76 bits per heavy atom. The van der Waals surface area contributed by atoms with Gasteiger partial charge < -0.3 is 20.1 Å². The van der Waals surface area contributed by atoms with Gasteiger partial charge in [-0.25, -0.2) is 9.59 Å². The summed E-state index contributed by atoms with van der Waals surface area (Å²) in [6.45, 7) is 5.70. The van der Waals surface area contributed by atoms with Crippen LogP contribution in [0.5, 0.6) is 0 Å². The van der Waals surface area contributed by atoms with E-state index in [1.807, 2.05) is 37.3 Å². The number of alkyl carbamates (subject to hydrolysis) is 1. The summed E-state index contributed by atoms with van der Waals surface area (Å²) in [5.74, 6) is -1.25. The van der Waals surface area contributed by atoms with E-state index in [0.29, 0.717) is 6.54 Å². The van der Waals surface area contributed by atoms with Crippen molar-refractivity contribution in [2.45, 2.75) is 39.8 Å². The van der Waals surface area contributed by atoms with Crippen LogP contribution in [-0.4, -0.2) is 37.2 Å². The number of nitrogens with one attached hydrogen (secondary N) is 2. The quantitative estimate of drug-likeness (QED) is 0.665. The Morgan fingerprint density at radius 3 is 2.36 bits per heavy atom. The van der Waals surface area contributed by atoms with Crippen molar-refractivity contribution in [1.82, 2.24) is 10.6 Å². The number of amides is 2. The Balaban J connectivity index is 2.45. The highest BCUT2D eigenvalue weighted by atomic mass is 16.6. The van der Waals surface area contributed by atoms with Crippen molar-refractivity contribution in [2.24, 2.45) is 5.92 Å². The second kappa shape index (κ2) is 11.1. The number of benzene rings is 1. The van der Waals surface area contributed by atoms with Crippen molar-refractivity contribution in [3.05, 3.63) is 35.9 Å². The highest BCUT2D eigenvalue weighted by Gasteiger charge is 2.26. The summed E-state index contributed by atoms with van der Waals surface area (Å²) in [6, 6.07) is 8.32. The molecule has 0 aliphatic carbocycles. The number of carbonyl (C=O) groups excluding carboxylic acids is 3. The predicted molar refractivity (Wildman–Crippen MR) is 92.6 cm³/mol.